The first-order chi connectivity index (χ1) is 9.35. The second-order valence-electron chi connectivity index (χ2n) is 6.26. The van der Waals surface area contributed by atoms with E-state index in [0.717, 1.165) is 32.1 Å². The molecule has 0 N–H and O–H groups in total. The van der Waals surface area contributed by atoms with Gasteiger partial charge in [-0.15, -0.1) is 0 Å². The van der Waals surface area contributed by atoms with E-state index in [0.29, 0.717) is 13.0 Å². The summed E-state index contributed by atoms with van der Waals surface area (Å²) in [4.78, 5) is 12.0. The number of hydrogen-bond acceptors (Lipinski definition) is 3. The smallest absolute Gasteiger partial charge is 0.282 e. The van der Waals surface area contributed by atoms with E-state index < -0.39 is 10.2 Å². The molecule has 2 atom stereocenters. The molecular formula is C14H26N2O3S. The third-order valence-electron chi connectivity index (χ3n) is 4.70. The van der Waals surface area contributed by atoms with Gasteiger partial charge >= 0.3 is 0 Å². The highest BCUT2D eigenvalue weighted by Gasteiger charge is 2.43. The van der Waals surface area contributed by atoms with Gasteiger partial charge in [-0.25, -0.2) is 0 Å². The predicted molar refractivity (Wildman–Crippen MR) is 78.5 cm³/mol. The van der Waals surface area contributed by atoms with Gasteiger partial charge in [0.2, 0.25) is 0 Å². The summed E-state index contributed by atoms with van der Waals surface area (Å²) < 4.78 is 28.5. The van der Waals surface area contributed by atoms with Crippen molar-refractivity contribution in [3.8, 4) is 0 Å². The van der Waals surface area contributed by atoms with Gasteiger partial charge in [0.1, 0.15) is 5.78 Å². The highest BCUT2D eigenvalue weighted by atomic mass is 32.2. The summed E-state index contributed by atoms with van der Waals surface area (Å²) in [5, 5.41) is 0. The second-order valence-corrected chi connectivity index (χ2v) is 8.20. The van der Waals surface area contributed by atoms with E-state index >= 15 is 0 Å². The van der Waals surface area contributed by atoms with Crippen LogP contribution in [0.25, 0.3) is 0 Å². The molecular weight excluding hydrogens is 276 g/mol. The Bertz CT molecular complexity index is 461. The Balaban J connectivity index is 2.25. The van der Waals surface area contributed by atoms with Gasteiger partial charge in [0.15, 0.2) is 0 Å². The van der Waals surface area contributed by atoms with Crippen LogP contribution in [0.2, 0.25) is 0 Å². The molecule has 0 bridgehead atoms. The molecule has 1 saturated heterocycles. The number of piperidine rings is 1. The Kier molecular flexibility index (Phi) is 4.87. The Morgan fingerprint density at radius 1 is 1.20 bits per heavy atom. The van der Waals surface area contributed by atoms with Crippen molar-refractivity contribution in [2.24, 2.45) is 5.92 Å². The number of Topliss-reactive ketones (excluding diaryl/α,β-unsaturated/α-hetero) is 1. The average molecular weight is 302 g/mol. The fraction of sp³-hybridized carbons (Fsp3) is 0.929. The van der Waals surface area contributed by atoms with Crippen LogP contribution in [0.3, 0.4) is 0 Å². The first-order valence-corrected chi connectivity index (χ1v) is 9.03. The molecule has 0 aromatic heterocycles. The zero-order valence-corrected chi connectivity index (χ0v) is 13.5. The SMILES string of the molecule is CC(C)N(C)S(=O)(=O)N1CCCCC1C1CCCC1=O. The molecule has 6 heteroatoms. The lowest BCUT2D eigenvalue weighted by Crippen LogP contribution is -2.54. The highest BCUT2D eigenvalue weighted by Crippen LogP contribution is 2.34. The molecule has 0 radical (unpaired) electrons. The maximum absolute atomic E-state index is 12.7. The lowest BCUT2D eigenvalue weighted by atomic mass is 9.90. The van der Waals surface area contributed by atoms with Crippen LogP contribution < -0.4 is 0 Å². The lowest BCUT2D eigenvalue weighted by Gasteiger charge is -2.40. The van der Waals surface area contributed by atoms with Gasteiger partial charge in [-0.3, -0.25) is 4.79 Å². The summed E-state index contributed by atoms with van der Waals surface area (Å²) in [7, 11) is -1.83. The quantitative estimate of drug-likeness (QED) is 0.795. The van der Waals surface area contributed by atoms with E-state index in [9.17, 15) is 13.2 Å². The molecule has 1 heterocycles. The maximum atomic E-state index is 12.7. The third-order valence-corrected chi connectivity index (χ3v) is 6.90. The average Bonchev–Trinajstić information content (AvgIpc) is 2.83. The second kappa shape index (κ2) is 6.12. The molecule has 0 aromatic rings. The molecule has 0 amide bonds. The Morgan fingerprint density at radius 2 is 1.90 bits per heavy atom. The first kappa shape index (κ1) is 15.9. The number of rotatable bonds is 4. The Morgan fingerprint density at radius 3 is 2.45 bits per heavy atom. The molecule has 2 aliphatic rings. The fourth-order valence-corrected chi connectivity index (χ4v) is 5.12. The van der Waals surface area contributed by atoms with Crippen LogP contribution in [-0.2, 0) is 15.0 Å². The van der Waals surface area contributed by atoms with Gasteiger partial charge in [0, 0.05) is 38.0 Å². The zero-order chi connectivity index (χ0) is 14.9. The molecule has 1 saturated carbocycles. The molecule has 2 fully saturated rings. The highest BCUT2D eigenvalue weighted by molar-refractivity contribution is 7.86. The molecule has 20 heavy (non-hydrogen) atoms. The van der Waals surface area contributed by atoms with E-state index in [4.69, 9.17) is 0 Å². The Labute approximate surface area is 122 Å². The van der Waals surface area contributed by atoms with Crippen molar-refractivity contribution in [3.63, 3.8) is 0 Å². The van der Waals surface area contributed by atoms with Crippen LogP contribution in [0.5, 0.6) is 0 Å². The third kappa shape index (κ3) is 2.92. The van der Waals surface area contributed by atoms with E-state index in [1.165, 1.54) is 4.31 Å². The Hall–Kier alpha value is -0.460. The molecule has 0 spiro atoms. The monoisotopic (exact) mass is 302 g/mol. The van der Waals surface area contributed by atoms with Crippen LogP contribution in [-0.4, -0.2) is 48.5 Å². The van der Waals surface area contributed by atoms with Crippen LogP contribution in [0.15, 0.2) is 0 Å². The predicted octanol–water partition coefficient (Wildman–Crippen LogP) is 1.80. The van der Waals surface area contributed by atoms with Crippen molar-refractivity contribution < 1.29 is 13.2 Å². The molecule has 5 nitrogen and oxygen atoms in total. The normalized spacial score (nSPS) is 29.6. The molecule has 1 aliphatic carbocycles. The van der Waals surface area contributed by atoms with E-state index in [2.05, 4.69) is 0 Å². The van der Waals surface area contributed by atoms with Crippen LogP contribution >= 0.6 is 0 Å². The van der Waals surface area contributed by atoms with E-state index in [-0.39, 0.29) is 23.8 Å². The fourth-order valence-electron chi connectivity index (χ4n) is 3.30. The maximum Gasteiger partial charge on any atom is 0.282 e. The van der Waals surface area contributed by atoms with E-state index in [1.54, 1.807) is 11.4 Å². The van der Waals surface area contributed by atoms with Gasteiger partial charge in [0.25, 0.3) is 10.2 Å². The van der Waals surface area contributed by atoms with Crippen molar-refractivity contribution in [2.75, 3.05) is 13.6 Å². The zero-order valence-electron chi connectivity index (χ0n) is 12.7. The number of carbonyl (C=O) groups excluding carboxylic acids is 1. The molecule has 2 rings (SSSR count). The summed E-state index contributed by atoms with van der Waals surface area (Å²) in [5.74, 6) is 0.176. The summed E-state index contributed by atoms with van der Waals surface area (Å²) in [6.07, 6.45) is 5.11. The van der Waals surface area contributed by atoms with Crippen molar-refractivity contribution in [3.05, 3.63) is 0 Å². The number of hydrogen-bond donors (Lipinski definition) is 0. The van der Waals surface area contributed by atoms with E-state index in [1.807, 2.05) is 13.8 Å². The standard InChI is InChI=1S/C14H26N2O3S/c1-11(2)15(3)20(18,19)16-10-5-4-8-13(16)12-7-6-9-14(12)17/h11-13H,4-10H2,1-3H3. The van der Waals surface area contributed by atoms with Crippen LogP contribution in [0.4, 0.5) is 0 Å². The van der Waals surface area contributed by atoms with Crippen molar-refractivity contribution in [2.45, 2.75) is 64.5 Å². The number of nitrogens with zero attached hydrogens (tertiary/aromatic N) is 2. The van der Waals surface area contributed by atoms with Crippen molar-refractivity contribution in [1.29, 1.82) is 0 Å². The molecule has 1 aliphatic heterocycles. The minimum Gasteiger partial charge on any atom is -0.299 e. The van der Waals surface area contributed by atoms with Crippen LogP contribution in [0.1, 0.15) is 52.4 Å². The summed E-state index contributed by atoms with van der Waals surface area (Å²) in [6, 6.07) is -0.188. The number of ketones is 1. The van der Waals surface area contributed by atoms with Gasteiger partial charge in [-0.05, 0) is 39.5 Å². The molecule has 2 unspecified atom stereocenters. The summed E-state index contributed by atoms with van der Waals surface area (Å²) in [6.45, 7) is 4.29. The minimum atomic E-state index is -3.46. The molecule has 0 aromatic carbocycles. The van der Waals surface area contributed by atoms with Crippen molar-refractivity contribution >= 4 is 16.0 Å². The lowest BCUT2D eigenvalue weighted by molar-refractivity contribution is -0.122. The van der Waals surface area contributed by atoms with Gasteiger partial charge in [-0.1, -0.05) is 6.42 Å². The molecule has 116 valence electrons. The van der Waals surface area contributed by atoms with Crippen LogP contribution in [0, 0.1) is 5.92 Å². The minimum absolute atomic E-state index is 0.0677. The van der Waals surface area contributed by atoms with Gasteiger partial charge in [0.05, 0.1) is 0 Å². The summed E-state index contributed by atoms with van der Waals surface area (Å²) >= 11 is 0. The van der Waals surface area contributed by atoms with Gasteiger partial charge < -0.3 is 0 Å². The first-order valence-electron chi connectivity index (χ1n) is 7.63. The number of carbonyl (C=O) groups is 1. The largest absolute Gasteiger partial charge is 0.299 e. The van der Waals surface area contributed by atoms with Gasteiger partial charge in [-0.2, -0.15) is 17.0 Å². The van der Waals surface area contributed by atoms with Crippen molar-refractivity contribution in [1.82, 2.24) is 8.61 Å². The topological polar surface area (TPSA) is 57.7 Å². The summed E-state index contributed by atoms with van der Waals surface area (Å²) in [5.41, 5.74) is 0.